The Hall–Kier alpha value is -1.33. The zero-order valence-electron chi connectivity index (χ0n) is 8.78. The van der Waals surface area contributed by atoms with E-state index in [0.29, 0.717) is 18.8 Å². The average molecular weight is 213 g/mol. The Morgan fingerprint density at radius 2 is 2.27 bits per heavy atom. The van der Waals surface area contributed by atoms with Crippen LogP contribution in [0.3, 0.4) is 0 Å². The van der Waals surface area contributed by atoms with Crippen molar-refractivity contribution in [2.45, 2.75) is 26.0 Å². The fourth-order valence-electron chi connectivity index (χ4n) is 1.15. The third-order valence-corrected chi connectivity index (χ3v) is 1.82. The van der Waals surface area contributed by atoms with Crippen LogP contribution < -0.4 is 5.32 Å². The number of aliphatic hydroxyl groups is 1. The first-order valence-corrected chi connectivity index (χ1v) is 4.63. The van der Waals surface area contributed by atoms with Gasteiger partial charge in [-0.05, 0) is 19.9 Å². The molecule has 0 saturated heterocycles. The summed E-state index contributed by atoms with van der Waals surface area (Å²) in [5.74, 6) is -0.643. The second-order valence-electron chi connectivity index (χ2n) is 3.98. The molecule has 0 spiro atoms. The average Bonchev–Trinajstić information content (AvgIpc) is 2.49. The number of carbonyl (C=O) groups is 1. The highest BCUT2D eigenvalue weighted by molar-refractivity contribution is 5.88. The van der Waals surface area contributed by atoms with E-state index in [1.54, 1.807) is 13.8 Å². The molecule has 84 valence electrons. The monoisotopic (exact) mass is 213 g/mol. The van der Waals surface area contributed by atoms with Crippen LogP contribution in [0, 0.1) is 0 Å². The summed E-state index contributed by atoms with van der Waals surface area (Å²) in [6, 6.07) is 1.41. The molecule has 1 heterocycles. The predicted octanol–water partition coefficient (Wildman–Crippen LogP) is 0.838. The summed E-state index contributed by atoms with van der Waals surface area (Å²) in [6.07, 6.45) is 1.34. The summed E-state index contributed by atoms with van der Waals surface area (Å²) in [6.45, 7) is 3.99. The number of furan rings is 1. The fourth-order valence-corrected chi connectivity index (χ4v) is 1.15. The minimum atomic E-state index is -1.01. The van der Waals surface area contributed by atoms with E-state index in [4.69, 9.17) is 9.52 Å². The van der Waals surface area contributed by atoms with E-state index in [9.17, 15) is 9.90 Å². The molecule has 0 bridgehead atoms. The van der Waals surface area contributed by atoms with Crippen LogP contribution in [0.15, 0.2) is 16.7 Å². The molecule has 0 fully saturated rings. The summed E-state index contributed by atoms with van der Waals surface area (Å²) in [5.41, 5.74) is -0.672. The van der Waals surface area contributed by atoms with Crippen molar-refractivity contribution in [3.8, 4) is 0 Å². The lowest BCUT2D eigenvalue weighted by molar-refractivity contribution is 0.0693. The molecular formula is C10H15NO4. The van der Waals surface area contributed by atoms with Crippen molar-refractivity contribution in [3.05, 3.63) is 23.7 Å². The SMILES string of the molecule is CC(C)(O)CNCc1occc1C(=O)O. The molecule has 0 aromatic carbocycles. The van der Waals surface area contributed by atoms with Gasteiger partial charge in [0.1, 0.15) is 11.3 Å². The van der Waals surface area contributed by atoms with Gasteiger partial charge in [0, 0.05) is 6.54 Å². The lowest BCUT2D eigenvalue weighted by atomic mass is 10.1. The predicted molar refractivity (Wildman–Crippen MR) is 53.7 cm³/mol. The van der Waals surface area contributed by atoms with Crippen LogP contribution >= 0.6 is 0 Å². The van der Waals surface area contributed by atoms with Crippen LogP contribution in [0.1, 0.15) is 30.0 Å². The summed E-state index contributed by atoms with van der Waals surface area (Å²) in [4.78, 5) is 10.7. The van der Waals surface area contributed by atoms with Gasteiger partial charge >= 0.3 is 5.97 Å². The van der Waals surface area contributed by atoms with Crippen molar-refractivity contribution in [3.63, 3.8) is 0 Å². The Morgan fingerprint density at radius 3 is 2.80 bits per heavy atom. The first-order valence-electron chi connectivity index (χ1n) is 4.63. The van der Waals surface area contributed by atoms with E-state index in [0.717, 1.165) is 0 Å². The highest BCUT2D eigenvalue weighted by atomic mass is 16.4. The van der Waals surface area contributed by atoms with Gasteiger partial charge in [-0.15, -0.1) is 0 Å². The van der Waals surface area contributed by atoms with Crippen molar-refractivity contribution in [1.29, 1.82) is 0 Å². The minimum Gasteiger partial charge on any atom is -0.478 e. The van der Waals surface area contributed by atoms with Crippen molar-refractivity contribution in [1.82, 2.24) is 5.32 Å². The van der Waals surface area contributed by atoms with Gasteiger partial charge in [-0.1, -0.05) is 0 Å². The maximum Gasteiger partial charge on any atom is 0.339 e. The second kappa shape index (κ2) is 4.46. The van der Waals surface area contributed by atoms with Gasteiger partial charge in [-0.25, -0.2) is 4.79 Å². The highest BCUT2D eigenvalue weighted by Gasteiger charge is 2.15. The van der Waals surface area contributed by atoms with Gasteiger partial charge in [0.2, 0.25) is 0 Å². The Morgan fingerprint density at radius 1 is 1.60 bits per heavy atom. The van der Waals surface area contributed by atoms with E-state index in [2.05, 4.69) is 5.32 Å². The molecular weight excluding hydrogens is 198 g/mol. The number of nitrogens with one attached hydrogen (secondary N) is 1. The summed E-state index contributed by atoms with van der Waals surface area (Å²) < 4.78 is 5.02. The van der Waals surface area contributed by atoms with Crippen molar-refractivity contribution in [2.24, 2.45) is 0 Å². The van der Waals surface area contributed by atoms with Crippen LogP contribution in [0.2, 0.25) is 0 Å². The normalized spacial score (nSPS) is 11.7. The number of hydrogen-bond donors (Lipinski definition) is 3. The van der Waals surface area contributed by atoms with Gasteiger partial charge < -0.3 is 19.9 Å². The zero-order valence-corrected chi connectivity index (χ0v) is 8.78. The molecule has 15 heavy (non-hydrogen) atoms. The largest absolute Gasteiger partial charge is 0.478 e. The second-order valence-corrected chi connectivity index (χ2v) is 3.98. The molecule has 5 nitrogen and oxygen atoms in total. The molecule has 0 radical (unpaired) electrons. The Bertz CT molecular complexity index is 337. The molecule has 3 N–H and O–H groups in total. The molecule has 0 amide bonds. The number of aromatic carboxylic acids is 1. The van der Waals surface area contributed by atoms with Crippen LogP contribution in [0.5, 0.6) is 0 Å². The molecule has 0 aliphatic carbocycles. The Labute approximate surface area is 87.7 Å². The van der Waals surface area contributed by atoms with Crippen LogP contribution in [0.25, 0.3) is 0 Å². The third-order valence-electron chi connectivity index (χ3n) is 1.82. The molecule has 0 saturated carbocycles. The summed E-state index contributed by atoms with van der Waals surface area (Å²) >= 11 is 0. The molecule has 1 rings (SSSR count). The van der Waals surface area contributed by atoms with E-state index >= 15 is 0 Å². The van der Waals surface area contributed by atoms with Crippen molar-refractivity contribution < 1.29 is 19.4 Å². The van der Waals surface area contributed by atoms with Gasteiger partial charge in [0.15, 0.2) is 0 Å². The third kappa shape index (κ3) is 3.73. The molecule has 0 aliphatic heterocycles. The molecule has 1 aromatic rings. The quantitative estimate of drug-likeness (QED) is 0.675. The molecule has 5 heteroatoms. The first kappa shape index (κ1) is 11.7. The molecule has 0 unspecified atom stereocenters. The van der Waals surface area contributed by atoms with Crippen molar-refractivity contribution in [2.75, 3.05) is 6.54 Å². The lowest BCUT2D eigenvalue weighted by Gasteiger charge is -2.17. The fraction of sp³-hybridized carbons (Fsp3) is 0.500. The topological polar surface area (TPSA) is 82.7 Å². The Balaban J connectivity index is 2.51. The number of carboxylic acid groups (broad SMARTS) is 1. The van der Waals surface area contributed by atoms with Gasteiger partial charge in [0.25, 0.3) is 0 Å². The maximum absolute atomic E-state index is 10.7. The van der Waals surface area contributed by atoms with Gasteiger partial charge in [0.05, 0.1) is 18.4 Å². The van der Waals surface area contributed by atoms with Crippen molar-refractivity contribution >= 4 is 5.97 Å². The van der Waals surface area contributed by atoms with Crippen LogP contribution in [0.4, 0.5) is 0 Å². The van der Waals surface area contributed by atoms with E-state index in [1.165, 1.54) is 12.3 Å². The zero-order chi connectivity index (χ0) is 11.5. The first-order chi connectivity index (χ1) is 6.90. The molecule has 1 aromatic heterocycles. The van der Waals surface area contributed by atoms with E-state index < -0.39 is 11.6 Å². The standard InChI is InChI=1S/C10H15NO4/c1-10(2,14)6-11-5-8-7(9(12)13)3-4-15-8/h3-4,11,14H,5-6H2,1-2H3,(H,12,13). The summed E-state index contributed by atoms with van der Waals surface area (Å²) in [7, 11) is 0. The number of rotatable bonds is 5. The highest BCUT2D eigenvalue weighted by Crippen LogP contribution is 2.10. The van der Waals surface area contributed by atoms with Gasteiger partial charge in [-0.3, -0.25) is 0 Å². The lowest BCUT2D eigenvalue weighted by Crippen LogP contribution is -2.34. The van der Waals surface area contributed by atoms with Crippen LogP contribution in [-0.4, -0.2) is 28.3 Å². The van der Waals surface area contributed by atoms with Crippen LogP contribution in [-0.2, 0) is 6.54 Å². The van der Waals surface area contributed by atoms with E-state index in [1.807, 2.05) is 0 Å². The van der Waals surface area contributed by atoms with Gasteiger partial charge in [-0.2, -0.15) is 0 Å². The number of hydrogen-bond acceptors (Lipinski definition) is 4. The number of carboxylic acids is 1. The van der Waals surface area contributed by atoms with E-state index in [-0.39, 0.29) is 5.56 Å². The molecule has 0 aliphatic rings. The Kier molecular flexibility index (Phi) is 3.49. The minimum absolute atomic E-state index is 0.151. The molecule has 0 atom stereocenters. The summed E-state index contributed by atoms with van der Waals surface area (Å²) in [5, 5.41) is 21.1. The maximum atomic E-state index is 10.7. The smallest absolute Gasteiger partial charge is 0.339 e.